The monoisotopic (exact) mass is 282 g/mol. The van der Waals surface area contributed by atoms with E-state index in [1.165, 1.54) is 0 Å². The number of benzene rings is 1. The van der Waals surface area contributed by atoms with Crippen molar-refractivity contribution in [3.8, 4) is 0 Å². The van der Waals surface area contributed by atoms with Crippen molar-refractivity contribution >= 4 is 28.2 Å². The number of nitrogens with zero attached hydrogens (tertiary/aromatic N) is 2. The molecular weight excluding hydrogens is 268 g/mol. The van der Waals surface area contributed by atoms with Crippen molar-refractivity contribution in [2.45, 2.75) is 6.92 Å². The molecule has 1 atom stereocenters. The number of quaternary nitrogens is 1. The van der Waals surface area contributed by atoms with Crippen molar-refractivity contribution in [3.05, 3.63) is 59.4 Å². The van der Waals surface area contributed by atoms with E-state index in [0.717, 1.165) is 5.56 Å². The van der Waals surface area contributed by atoms with Gasteiger partial charge < -0.3 is 10.5 Å². The summed E-state index contributed by atoms with van der Waals surface area (Å²) in [6.45, 7) is 1.99. The number of hydrogen-bond acceptors (Lipinski definition) is 5. The van der Waals surface area contributed by atoms with Gasteiger partial charge in [0.25, 0.3) is 0 Å². The average molecular weight is 282 g/mol. The zero-order valence-corrected chi connectivity index (χ0v) is 11.4. The molecule has 106 valence electrons. The number of rotatable bonds is 3. The number of aryl methyl sites for hydroxylation is 1. The fraction of sp³-hybridized carbons (Fsp3) is 0.0667. The molecule has 0 saturated carbocycles. The molecule has 3 N–H and O–H groups in total. The Labute approximate surface area is 121 Å². The van der Waals surface area contributed by atoms with Gasteiger partial charge in [-0.05, 0) is 42.8 Å². The van der Waals surface area contributed by atoms with E-state index in [9.17, 15) is 5.21 Å². The molecule has 3 rings (SSSR count). The van der Waals surface area contributed by atoms with E-state index in [0.29, 0.717) is 22.5 Å². The number of fused-ring (bicyclic) bond motifs is 1. The van der Waals surface area contributed by atoms with Gasteiger partial charge in [0.1, 0.15) is 11.6 Å². The van der Waals surface area contributed by atoms with Crippen molar-refractivity contribution in [1.82, 2.24) is 9.97 Å². The second kappa shape index (κ2) is 5.45. The maximum atomic E-state index is 11.2. The first-order chi connectivity index (χ1) is 10.1. The average Bonchev–Trinajstić information content (AvgIpc) is 2.46. The van der Waals surface area contributed by atoms with Gasteiger partial charge in [-0.1, -0.05) is 6.07 Å². The SMILES string of the molecule is Cc1ccnc(Nc2ccc3c([NH+]([O-])O)cccc3n2)c1. The van der Waals surface area contributed by atoms with Crippen molar-refractivity contribution in [3.63, 3.8) is 0 Å². The molecule has 0 aliphatic carbocycles. The molecule has 21 heavy (non-hydrogen) atoms. The first kappa shape index (κ1) is 13.4. The van der Waals surface area contributed by atoms with Crippen LogP contribution in [-0.4, -0.2) is 15.2 Å². The van der Waals surface area contributed by atoms with Crippen LogP contribution in [0.2, 0.25) is 0 Å². The molecule has 0 fully saturated rings. The van der Waals surface area contributed by atoms with Gasteiger partial charge in [-0.3, -0.25) is 0 Å². The lowest BCUT2D eigenvalue weighted by molar-refractivity contribution is -0.990. The first-order valence-electron chi connectivity index (χ1n) is 6.46. The predicted molar refractivity (Wildman–Crippen MR) is 79.8 cm³/mol. The summed E-state index contributed by atoms with van der Waals surface area (Å²) in [5, 5.41) is 23.1. The third-order valence-corrected chi connectivity index (χ3v) is 3.13. The highest BCUT2D eigenvalue weighted by atomic mass is 16.8. The maximum absolute atomic E-state index is 11.2. The highest BCUT2D eigenvalue weighted by Crippen LogP contribution is 2.22. The lowest BCUT2D eigenvalue weighted by Gasteiger charge is -2.14. The molecular formula is C15H14N4O2. The lowest BCUT2D eigenvalue weighted by Crippen LogP contribution is -2.99. The summed E-state index contributed by atoms with van der Waals surface area (Å²) in [4.78, 5) is 8.64. The molecule has 0 saturated heterocycles. The van der Waals surface area contributed by atoms with Gasteiger partial charge in [0, 0.05) is 12.3 Å². The highest BCUT2D eigenvalue weighted by Gasteiger charge is 2.08. The summed E-state index contributed by atoms with van der Waals surface area (Å²) < 4.78 is 0. The summed E-state index contributed by atoms with van der Waals surface area (Å²) in [7, 11) is 0. The van der Waals surface area contributed by atoms with Crippen LogP contribution in [-0.2, 0) is 0 Å². The minimum absolute atomic E-state index is 0.250. The Morgan fingerprint density at radius 3 is 2.76 bits per heavy atom. The van der Waals surface area contributed by atoms with Crippen LogP contribution in [0, 0.1) is 12.1 Å². The third kappa shape index (κ3) is 2.82. The van der Waals surface area contributed by atoms with E-state index >= 15 is 0 Å². The van der Waals surface area contributed by atoms with Gasteiger partial charge in [-0.15, -0.1) is 0 Å². The Hall–Kier alpha value is -2.54. The summed E-state index contributed by atoms with van der Waals surface area (Å²) in [6.07, 6.45) is 1.72. The van der Waals surface area contributed by atoms with Gasteiger partial charge in [0.15, 0.2) is 5.69 Å². The van der Waals surface area contributed by atoms with E-state index < -0.39 is 5.23 Å². The van der Waals surface area contributed by atoms with Crippen molar-refractivity contribution in [1.29, 1.82) is 0 Å². The summed E-state index contributed by atoms with van der Waals surface area (Å²) in [5.41, 5.74) is 1.98. The van der Waals surface area contributed by atoms with E-state index in [4.69, 9.17) is 5.21 Å². The second-order valence-electron chi connectivity index (χ2n) is 4.72. The van der Waals surface area contributed by atoms with Crippen LogP contribution in [0.3, 0.4) is 0 Å². The molecule has 2 heterocycles. The third-order valence-electron chi connectivity index (χ3n) is 3.13. The molecule has 1 unspecified atom stereocenters. The minimum Gasteiger partial charge on any atom is -0.595 e. The van der Waals surface area contributed by atoms with Crippen LogP contribution >= 0.6 is 0 Å². The smallest absolute Gasteiger partial charge is 0.173 e. The summed E-state index contributed by atoms with van der Waals surface area (Å²) >= 11 is 0. The predicted octanol–water partition coefficient (Wildman–Crippen LogP) is 2.09. The molecule has 3 aromatic rings. The van der Waals surface area contributed by atoms with Gasteiger partial charge in [0.05, 0.1) is 10.9 Å². The molecule has 0 aliphatic rings. The first-order valence-corrected chi connectivity index (χ1v) is 6.46. The van der Waals surface area contributed by atoms with Gasteiger partial charge in [-0.2, -0.15) is 5.23 Å². The zero-order valence-electron chi connectivity index (χ0n) is 11.4. The fourth-order valence-corrected chi connectivity index (χ4v) is 2.15. The summed E-state index contributed by atoms with van der Waals surface area (Å²) in [5.74, 6) is 1.33. The quantitative estimate of drug-likeness (QED) is 0.640. The summed E-state index contributed by atoms with van der Waals surface area (Å²) in [6, 6.07) is 12.4. The number of pyridine rings is 2. The minimum atomic E-state index is -0.955. The van der Waals surface area contributed by atoms with Crippen LogP contribution in [0.15, 0.2) is 48.7 Å². The Morgan fingerprint density at radius 2 is 2.00 bits per heavy atom. The number of nitrogens with one attached hydrogen (secondary N) is 2. The van der Waals surface area contributed by atoms with Crippen LogP contribution in [0.1, 0.15) is 5.56 Å². The zero-order chi connectivity index (χ0) is 14.8. The molecule has 1 aromatic carbocycles. The molecule has 0 aliphatic heterocycles. The number of anilines is 2. The largest absolute Gasteiger partial charge is 0.595 e. The molecule has 2 aromatic heterocycles. The highest BCUT2D eigenvalue weighted by molar-refractivity contribution is 5.89. The Bertz CT molecular complexity index is 789. The molecule has 0 radical (unpaired) electrons. The van der Waals surface area contributed by atoms with E-state index in [1.807, 2.05) is 19.1 Å². The van der Waals surface area contributed by atoms with Crippen LogP contribution in [0.4, 0.5) is 17.3 Å². The van der Waals surface area contributed by atoms with E-state index in [2.05, 4.69) is 15.3 Å². The van der Waals surface area contributed by atoms with Crippen LogP contribution in [0.5, 0.6) is 0 Å². The van der Waals surface area contributed by atoms with Crippen molar-refractivity contribution in [2.24, 2.45) is 0 Å². The lowest BCUT2D eigenvalue weighted by atomic mass is 10.2. The molecule has 0 amide bonds. The standard InChI is InChI=1S/C15H14N4O2/c1-10-7-8-16-15(9-10)18-14-6-5-11-12(17-14)3-2-4-13(11)19(20)21/h2-9,19-20H,1H3,(H,16,17,18). The number of hydrogen-bond donors (Lipinski definition) is 3. The molecule has 0 spiro atoms. The van der Waals surface area contributed by atoms with Gasteiger partial charge >= 0.3 is 0 Å². The van der Waals surface area contributed by atoms with Gasteiger partial charge in [0.2, 0.25) is 0 Å². The topological polar surface area (TPSA) is 85.5 Å². The van der Waals surface area contributed by atoms with Crippen molar-refractivity contribution in [2.75, 3.05) is 5.32 Å². The Balaban J connectivity index is 1.98. The Kier molecular flexibility index (Phi) is 3.49. The van der Waals surface area contributed by atoms with Gasteiger partial charge in [-0.25, -0.2) is 15.2 Å². The van der Waals surface area contributed by atoms with E-state index in [1.54, 1.807) is 36.5 Å². The van der Waals surface area contributed by atoms with Crippen LogP contribution in [0.25, 0.3) is 10.9 Å². The Morgan fingerprint density at radius 1 is 1.14 bits per heavy atom. The number of aromatic nitrogens is 2. The maximum Gasteiger partial charge on any atom is 0.173 e. The normalized spacial score (nSPS) is 12.3. The van der Waals surface area contributed by atoms with E-state index in [-0.39, 0.29) is 5.69 Å². The molecule has 6 heteroatoms. The molecule has 6 nitrogen and oxygen atoms in total. The molecule has 0 bridgehead atoms. The van der Waals surface area contributed by atoms with Crippen molar-refractivity contribution < 1.29 is 10.4 Å². The second-order valence-corrected chi connectivity index (χ2v) is 4.72. The fourth-order valence-electron chi connectivity index (χ4n) is 2.15. The van der Waals surface area contributed by atoms with Crippen LogP contribution < -0.4 is 10.5 Å².